The number of aromatic hydroxyl groups is 2. The van der Waals surface area contributed by atoms with Crippen molar-refractivity contribution in [3.8, 4) is 11.5 Å². The molecule has 8 nitrogen and oxygen atoms in total. The van der Waals surface area contributed by atoms with Crippen LogP contribution in [0.3, 0.4) is 0 Å². The van der Waals surface area contributed by atoms with Crippen molar-refractivity contribution in [2.75, 3.05) is 0 Å². The van der Waals surface area contributed by atoms with E-state index in [1.54, 1.807) is 0 Å². The molecule has 0 aromatic heterocycles. The number of carboxylic acid groups (broad SMARTS) is 2. The van der Waals surface area contributed by atoms with Gasteiger partial charge in [-0.3, -0.25) is 9.98 Å². The fraction of sp³-hybridized carbons (Fsp3) is 0.579. The van der Waals surface area contributed by atoms with Crippen molar-refractivity contribution in [3.05, 3.63) is 46.5 Å². The van der Waals surface area contributed by atoms with Gasteiger partial charge in [0, 0.05) is 35.5 Å². The molecule has 1 saturated carbocycles. The van der Waals surface area contributed by atoms with Gasteiger partial charge >= 0.3 is 16.8 Å². The quantitative estimate of drug-likeness (QED) is 0.309. The van der Waals surface area contributed by atoms with E-state index in [2.05, 4.69) is 105 Å². The molecule has 2 aromatic carbocycles. The van der Waals surface area contributed by atoms with Crippen LogP contribution in [0, 0.1) is 0 Å². The van der Waals surface area contributed by atoms with Crippen molar-refractivity contribution >= 4 is 50.9 Å². The number of hydrogen-bond donors (Lipinski definition) is 2. The van der Waals surface area contributed by atoms with Gasteiger partial charge in [0.05, 0.1) is 28.2 Å². The second-order valence-electron chi connectivity index (χ2n) is 16.9. The Hall–Kier alpha value is -2.74. The first-order valence-electron chi connectivity index (χ1n) is 16.8. The van der Waals surface area contributed by atoms with E-state index >= 15 is 0 Å². The third-order valence-electron chi connectivity index (χ3n) is 8.09. The van der Waals surface area contributed by atoms with Crippen molar-refractivity contribution in [3.63, 3.8) is 0 Å². The van der Waals surface area contributed by atoms with Crippen LogP contribution in [0.2, 0.25) is 39.3 Å². The normalized spacial score (nSPS) is 17.0. The Morgan fingerprint density at radius 2 is 0.980 bits per heavy atom. The van der Waals surface area contributed by atoms with Gasteiger partial charge in [0.1, 0.15) is 11.5 Å². The van der Waals surface area contributed by atoms with Crippen LogP contribution in [0.15, 0.2) is 34.3 Å². The standard InChI is InChI=1S/C34H54N2O2Si2.2C2H4O2.Co/c1-33(2,3)29-19-27(39(7,8)9)16-23(31(29)37)21-35-25-14-13-15-26(18-25)36-22-24-17-28(40(10,11)12)20-30(32(24)38)34(4,5)6;2*1-2(3)4;/h16-17,19-22,25-26,37-38H,13-15,18H2,1-12H3;2*1H3,(H,3,4);/q;;;+2/p-2. The second-order valence-corrected chi connectivity index (χ2v) is 27.1. The summed E-state index contributed by atoms with van der Waals surface area (Å²) >= 11 is 0. The van der Waals surface area contributed by atoms with Crippen LogP contribution in [0.1, 0.15) is 103 Å². The predicted octanol–water partition coefficient (Wildman–Crippen LogP) is 5.14. The van der Waals surface area contributed by atoms with Gasteiger partial charge in [-0.15, -0.1) is 0 Å². The van der Waals surface area contributed by atoms with Crippen LogP contribution in [-0.2, 0) is 37.2 Å². The third kappa shape index (κ3) is 15.8. The van der Waals surface area contributed by atoms with Crippen molar-refractivity contribution < 1.29 is 46.8 Å². The number of carboxylic acids is 2. The molecule has 0 heterocycles. The first-order valence-corrected chi connectivity index (χ1v) is 23.8. The van der Waals surface area contributed by atoms with E-state index in [-0.39, 0.29) is 39.7 Å². The summed E-state index contributed by atoms with van der Waals surface area (Å²) in [6, 6.07) is 9.08. The molecule has 2 atom stereocenters. The Morgan fingerprint density at radius 1 is 0.694 bits per heavy atom. The van der Waals surface area contributed by atoms with Crippen LogP contribution in [0.4, 0.5) is 0 Å². The van der Waals surface area contributed by atoms with E-state index in [0.717, 1.165) is 61.8 Å². The van der Waals surface area contributed by atoms with Crippen molar-refractivity contribution in [2.45, 2.75) is 143 Å². The minimum Gasteiger partial charge on any atom is -0.550 e. The van der Waals surface area contributed by atoms with Crippen LogP contribution in [0.25, 0.3) is 0 Å². The summed E-state index contributed by atoms with van der Waals surface area (Å²) in [5.74, 6) is -1.45. The average Bonchev–Trinajstić information content (AvgIpc) is 2.89. The maximum absolute atomic E-state index is 11.2. The van der Waals surface area contributed by atoms with E-state index in [9.17, 15) is 10.2 Å². The molecule has 0 aliphatic heterocycles. The molecule has 1 aliphatic rings. The van der Waals surface area contributed by atoms with Gasteiger partial charge in [-0.25, -0.2) is 0 Å². The van der Waals surface area contributed by atoms with E-state index in [1.807, 2.05) is 12.4 Å². The van der Waals surface area contributed by atoms with Gasteiger partial charge in [-0.05, 0) is 61.5 Å². The van der Waals surface area contributed by atoms with Gasteiger partial charge in [0.25, 0.3) is 0 Å². The Bertz CT molecular complexity index is 1360. The van der Waals surface area contributed by atoms with Crippen LogP contribution >= 0.6 is 0 Å². The van der Waals surface area contributed by atoms with Gasteiger partial charge in [0.2, 0.25) is 0 Å². The Labute approximate surface area is 307 Å². The Morgan fingerprint density at radius 3 is 1.22 bits per heavy atom. The third-order valence-corrected chi connectivity index (χ3v) is 12.1. The summed E-state index contributed by atoms with van der Waals surface area (Å²) in [4.78, 5) is 27.8. The number of aliphatic imine (C=N–C) groups is 2. The largest absolute Gasteiger partial charge is 2.00 e. The van der Waals surface area contributed by atoms with Crippen molar-refractivity contribution in [1.29, 1.82) is 0 Å². The smallest absolute Gasteiger partial charge is 0.550 e. The first kappa shape index (κ1) is 46.3. The van der Waals surface area contributed by atoms with Gasteiger partial charge < -0.3 is 30.0 Å². The number of hydrogen-bond acceptors (Lipinski definition) is 8. The predicted molar refractivity (Wildman–Crippen MR) is 202 cm³/mol. The maximum Gasteiger partial charge on any atom is 2.00 e. The molecule has 3 rings (SSSR count). The summed E-state index contributed by atoms with van der Waals surface area (Å²) < 4.78 is 0. The molecule has 0 amide bonds. The number of aliphatic carboxylic acids is 2. The van der Waals surface area contributed by atoms with Crippen LogP contribution in [0.5, 0.6) is 11.5 Å². The topological polar surface area (TPSA) is 145 Å². The van der Waals surface area contributed by atoms with E-state index in [0.29, 0.717) is 11.5 Å². The molecule has 0 bridgehead atoms. The summed E-state index contributed by atoms with van der Waals surface area (Å²) in [6.07, 6.45) is 7.84. The van der Waals surface area contributed by atoms with Gasteiger partial charge in [-0.1, -0.05) is 115 Å². The molecule has 2 N–H and O–H groups in total. The number of carbonyl (C=O) groups is 2. The van der Waals surface area contributed by atoms with Gasteiger partial charge in [-0.2, -0.15) is 0 Å². The summed E-state index contributed by atoms with van der Waals surface area (Å²) in [5, 5.41) is 42.8. The molecular weight excluding hydrogens is 696 g/mol. The van der Waals surface area contributed by atoms with Crippen molar-refractivity contribution in [2.24, 2.45) is 9.98 Å². The number of benzene rings is 2. The zero-order valence-corrected chi connectivity index (χ0v) is 35.2. The molecule has 1 fully saturated rings. The molecule has 1 aliphatic carbocycles. The van der Waals surface area contributed by atoms with Crippen molar-refractivity contribution in [1.82, 2.24) is 0 Å². The molecular formula is C38H60CoN2O6Si2. The minimum atomic E-state index is -1.57. The number of phenols is 2. The number of nitrogens with zero attached hydrogens (tertiary/aromatic N) is 2. The summed E-state index contributed by atoms with van der Waals surface area (Å²) in [5.41, 5.74) is 3.37. The molecule has 2 unspecified atom stereocenters. The second kappa shape index (κ2) is 18.5. The first-order chi connectivity index (χ1) is 21.6. The SMILES string of the molecule is CC(=O)[O-].CC(=O)[O-].CC(C)(C)c1cc([Si](C)(C)C)cc(C=NC2CCCC(N=Cc3cc([Si](C)(C)C)cc(C(C)(C)C)c3O)C2)c1O.[Co+2]. The fourth-order valence-electron chi connectivity index (χ4n) is 5.30. The molecule has 2 aromatic rings. The van der Waals surface area contributed by atoms with E-state index in [1.165, 1.54) is 10.4 Å². The molecule has 11 heteroatoms. The van der Waals surface area contributed by atoms with E-state index in [4.69, 9.17) is 29.8 Å². The summed E-state index contributed by atoms with van der Waals surface area (Å²) in [7, 11) is -3.13. The fourth-order valence-corrected chi connectivity index (χ4v) is 7.63. The molecule has 1 radical (unpaired) electrons. The molecule has 0 spiro atoms. The number of phenolic OH excluding ortho intramolecular Hbond substituents is 2. The Balaban J connectivity index is 0.00000230. The number of rotatable bonds is 6. The monoisotopic (exact) mass is 755 g/mol. The molecule has 49 heavy (non-hydrogen) atoms. The summed E-state index contributed by atoms with van der Waals surface area (Å²) in [6.45, 7) is 28.9. The minimum absolute atomic E-state index is 0. The number of carbonyl (C=O) groups excluding carboxylic acids is 2. The Kier molecular flexibility index (Phi) is 17.4. The zero-order chi connectivity index (χ0) is 37.4. The average molecular weight is 756 g/mol. The molecule has 0 saturated heterocycles. The van der Waals surface area contributed by atoms with Gasteiger partial charge in [0.15, 0.2) is 0 Å². The molecule has 275 valence electrons. The van der Waals surface area contributed by atoms with Crippen LogP contribution < -0.4 is 20.6 Å². The maximum atomic E-state index is 11.2. The van der Waals surface area contributed by atoms with Crippen LogP contribution in [-0.4, -0.2) is 62.8 Å². The zero-order valence-electron chi connectivity index (χ0n) is 32.2. The van der Waals surface area contributed by atoms with E-state index < -0.39 is 28.1 Å².